The molecule has 1 aliphatic heterocycles. The number of rotatable bonds is 6. The van der Waals surface area contributed by atoms with Gasteiger partial charge in [0.1, 0.15) is 5.75 Å². The minimum Gasteiger partial charge on any atom is -0.497 e. The lowest BCUT2D eigenvalue weighted by Crippen LogP contribution is -2.30. The molecule has 1 atom stereocenters. The standard InChI is InChI=1S/C25H22N2O4/c1-31-21-13-9-18(10-14-21)24(17-5-3-2-4-6-17)26-25(30)19-7-11-20(12-8-19)27-22(28)15-16-23(27)29/h2-14,24H,15-16H2,1H3,(H,26,30)/t24-/m1/s1. The van der Waals surface area contributed by atoms with Gasteiger partial charge in [-0.2, -0.15) is 0 Å². The second kappa shape index (κ2) is 8.83. The Kier molecular flexibility index (Phi) is 5.80. The molecule has 3 aromatic rings. The average molecular weight is 414 g/mol. The fraction of sp³-hybridized carbons (Fsp3) is 0.160. The SMILES string of the molecule is COc1ccc([C@H](NC(=O)c2ccc(N3C(=O)CCC3=O)cc2)c2ccccc2)cc1. The van der Waals surface area contributed by atoms with Gasteiger partial charge in [0.05, 0.1) is 18.8 Å². The molecule has 1 heterocycles. The Morgan fingerprint density at radius 3 is 2.00 bits per heavy atom. The first-order chi connectivity index (χ1) is 15.1. The van der Waals surface area contributed by atoms with Crippen LogP contribution in [-0.4, -0.2) is 24.8 Å². The Hall–Kier alpha value is -3.93. The molecular formula is C25H22N2O4. The van der Waals surface area contributed by atoms with Crippen LogP contribution in [0.1, 0.15) is 40.4 Å². The van der Waals surface area contributed by atoms with Crippen molar-refractivity contribution >= 4 is 23.4 Å². The van der Waals surface area contributed by atoms with Gasteiger partial charge in [-0.1, -0.05) is 42.5 Å². The number of ether oxygens (including phenoxy) is 1. The van der Waals surface area contributed by atoms with Crippen LogP contribution in [-0.2, 0) is 9.59 Å². The summed E-state index contributed by atoms with van der Waals surface area (Å²) in [5, 5.41) is 3.08. The van der Waals surface area contributed by atoms with Crippen molar-refractivity contribution in [2.45, 2.75) is 18.9 Å². The van der Waals surface area contributed by atoms with Crippen LogP contribution in [0.5, 0.6) is 5.75 Å². The van der Waals surface area contributed by atoms with Crippen molar-refractivity contribution in [3.8, 4) is 5.75 Å². The summed E-state index contributed by atoms with van der Waals surface area (Å²) in [5.74, 6) is 0.0514. The fourth-order valence-corrected chi connectivity index (χ4v) is 3.64. The molecule has 0 radical (unpaired) electrons. The van der Waals surface area contributed by atoms with Crippen LogP contribution < -0.4 is 15.0 Å². The van der Waals surface area contributed by atoms with Crippen LogP contribution >= 0.6 is 0 Å². The number of carbonyl (C=O) groups is 3. The topological polar surface area (TPSA) is 75.7 Å². The van der Waals surface area contributed by atoms with Crippen molar-refractivity contribution in [3.05, 3.63) is 95.6 Å². The van der Waals surface area contributed by atoms with E-state index < -0.39 is 0 Å². The summed E-state index contributed by atoms with van der Waals surface area (Å²) >= 11 is 0. The predicted molar refractivity (Wildman–Crippen MR) is 117 cm³/mol. The lowest BCUT2D eigenvalue weighted by atomic mass is 9.98. The van der Waals surface area contributed by atoms with Gasteiger partial charge in [0, 0.05) is 18.4 Å². The normalized spacial score (nSPS) is 14.4. The highest BCUT2D eigenvalue weighted by molar-refractivity contribution is 6.19. The highest BCUT2D eigenvalue weighted by Gasteiger charge is 2.30. The minimum atomic E-state index is -0.346. The summed E-state index contributed by atoms with van der Waals surface area (Å²) in [4.78, 5) is 38.0. The van der Waals surface area contributed by atoms with Crippen molar-refractivity contribution in [2.24, 2.45) is 0 Å². The van der Waals surface area contributed by atoms with E-state index in [9.17, 15) is 14.4 Å². The molecule has 0 aromatic heterocycles. The van der Waals surface area contributed by atoms with E-state index in [0.717, 1.165) is 16.9 Å². The van der Waals surface area contributed by atoms with Crippen molar-refractivity contribution in [1.29, 1.82) is 0 Å². The van der Waals surface area contributed by atoms with Crippen molar-refractivity contribution in [3.63, 3.8) is 0 Å². The zero-order valence-corrected chi connectivity index (χ0v) is 17.1. The molecule has 6 nitrogen and oxygen atoms in total. The number of amides is 3. The van der Waals surface area contributed by atoms with Gasteiger partial charge < -0.3 is 10.1 Å². The molecule has 6 heteroatoms. The summed E-state index contributed by atoms with van der Waals surface area (Å²) in [7, 11) is 1.61. The summed E-state index contributed by atoms with van der Waals surface area (Å²) in [6.07, 6.45) is 0.448. The van der Waals surface area contributed by atoms with Crippen LogP contribution in [0, 0.1) is 0 Å². The van der Waals surface area contributed by atoms with E-state index in [4.69, 9.17) is 4.74 Å². The third-order valence-corrected chi connectivity index (χ3v) is 5.30. The zero-order chi connectivity index (χ0) is 21.8. The number of methoxy groups -OCH3 is 1. The lowest BCUT2D eigenvalue weighted by Gasteiger charge is -2.20. The Morgan fingerprint density at radius 2 is 1.42 bits per heavy atom. The fourth-order valence-electron chi connectivity index (χ4n) is 3.64. The first-order valence-electron chi connectivity index (χ1n) is 10.0. The Morgan fingerprint density at radius 1 is 0.839 bits per heavy atom. The quantitative estimate of drug-likeness (QED) is 0.622. The molecule has 0 saturated carbocycles. The zero-order valence-electron chi connectivity index (χ0n) is 17.1. The van der Waals surface area contributed by atoms with Crippen molar-refractivity contribution in [2.75, 3.05) is 12.0 Å². The van der Waals surface area contributed by atoms with Gasteiger partial charge in [0.15, 0.2) is 0 Å². The van der Waals surface area contributed by atoms with Crippen LogP contribution in [0.15, 0.2) is 78.9 Å². The number of imide groups is 1. The number of hydrogen-bond donors (Lipinski definition) is 1. The predicted octanol–water partition coefficient (Wildman–Crippen LogP) is 3.87. The lowest BCUT2D eigenvalue weighted by molar-refractivity contribution is -0.121. The monoisotopic (exact) mass is 414 g/mol. The molecule has 0 spiro atoms. The molecule has 0 unspecified atom stereocenters. The molecule has 0 aliphatic carbocycles. The maximum Gasteiger partial charge on any atom is 0.252 e. The number of nitrogens with zero attached hydrogens (tertiary/aromatic N) is 1. The smallest absolute Gasteiger partial charge is 0.252 e. The van der Waals surface area contributed by atoms with Gasteiger partial charge >= 0.3 is 0 Å². The second-order valence-electron chi connectivity index (χ2n) is 7.26. The summed E-state index contributed by atoms with van der Waals surface area (Å²) < 4.78 is 5.23. The molecule has 31 heavy (non-hydrogen) atoms. The van der Waals surface area contributed by atoms with E-state index in [-0.39, 0.29) is 36.6 Å². The van der Waals surface area contributed by atoms with Gasteiger partial charge in [-0.05, 0) is 47.5 Å². The molecule has 3 aromatic carbocycles. The number of carbonyl (C=O) groups excluding carboxylic acids is 3. The van der Waals surface area contributed by atoms with Gasteiger partial charge in [-0.3, -0.25) is 19.3 Å². The van der Waals surface area contributed by atoms with Gasteiger partial charge in [-0.15, -0.1) is 0 Å². The average Bonchev–Trinajstić information content (AvgIpc) is 3.16. The Labute approximate surface area is 180 Å². The van der Waals surface area contributed by atoms with Crippen molar-refractivity contribution < 1.29 is 19.1 Å². The van der Waals surface area contributed by atoms with Crippen LogP contribution in [0.25, 0.3) is 0 Å². The molecule has 0 bridgehead atoms. The second-order valence-corrected chi connectivity index (χ2v) is 7.26. The van der Waals surface area contributed by atoms with Crippen LogP contribution in [0.3, 0.4) is 0 Å². The highest BCUT2D eigenvalue weighted by Crippen LogP contribution is 2.26. The Balaban J connectivity index is 1.57. The first-order valence-corrected chi connectivity index (χ1v) is 10.0. The van der Waals surface area contributed by atoms with E-state index in [0.29, 0.717) is 11.3 Å². The first kappa shape index (κ1) is 20.3. The number of hydrogen-bond acceptors (Lipinski definition) is 4. The molecule has 156 valence electrons. The number of anilines is 1. The maximum absolute atomic E-state index is 13.0. The molecule has 3 amide bonds. The third-order valence-electron chi connectivity index (χ3n) is 5.30. The third kappa shape index (κ3) is 4.33. The van der Waals surface area contributed by atoms with E-state index >= 15 is 0 Å². The molecule has 1 N–H and O–H groups in total. The minimum absolute atomic E-state index is 0.217. The maximum atomic E-state index is 13.0. The molecule has 1 fully saturated rings. The highest BCUT2D eigenvalue weighted by atomic mass is 16.5. The molecule has 4 rings (SSSR count). The summed E-state index contributed by atoms with van der Waals surface area (Å²) in [6, 6.07) is 23.4. The van der Waals surface area contributed by atoms with Gasteiger partial charge in [-0.25, -0.2) is 0 Å². The number of nitrogens with one attached hydrogen (secondary N) is 1. The molecule has 1 aliphatic rings. The van der Waals surface area contributed by atoms with Crippen molar-refractivity contribution in [1.82, 2.24) is 5.32 Å². The van der Waals surface area contributed by atoms with E-state index in [2.05, 4.69) is 5.32 Å². The van der Waals surface area contributed by atoms with Crippen LogP contribution in [0.2, 0.25) is 0 Å². The van der Waals surface area contributed by atoms with E-state index in [1.54, 1.807) is 31.4 Å². The largest absolute Gasteiger partial charge is 0.497 e. The van der Waals surface area contributed by atoms with Gasteiger partial charge in [0.2, 0.25) is 11.8 Å². The van der Waals surface area contributed by atoms with Gasteiger partial charge in [0.25, 0.3) is 5.91 Å². The number of benzene rings is 3. The summed E-state index contributed by atoms with van der Waals surface area (Å²) in [6.45, 7) is 0. The Bertz CT molecular complexity index is 1080. The van der Waals surface area contributed by atoms with Crippen LogP contribution in [0.4, 0.5) is 5.69 Å². The molecule has 1 saturated heterocycles. The van der Waals surface area contributed by atoms with E-state index in [1.165, 1.54) is 4.90 Å². The summed E-state index contributed by atoms with van der Waals surface area (Å²) in [5.41, 5.74) is 2.80. The molecular weight excluding hydrogens is 392 g/mol. The van der Waals surface area contributed by atoms with E-state index in [1.807, 2.05) is 54.6 Å².